The maximum absolute atomic E-state index is 13.3. The third kappa shape index (κ3) is 6.17. The van der Waals surface area contributed by atoms with Crippen molar-refractivity contribution in [2.75, 3.05) is 46.0 Å². The van der Waals surface area contributed by atoms with Crippen molar-refractivity contribution < 1.29 is 24.2 Å². The predicted molar refractivity (Wildman–Crippen MR) is 148 cm³/mol. The van der Waals surface area contributed by atoms with Gasteiger partial charge >= 0.3 is 0 Å². The smallest absolute Gasteiger partial charge is 0.295 e. The number of ketones is 1. The van der Waals surface area contributed by atoms with E-state index in [1.807, 2.05) is 24.3 Å². The number of hydrogen-bond acceptors (Lipinski definition) is 6. The highest BCUT2D eigenvalue weighted by Gasteiger charge is 2.45. The lowest BCUT2D eigenvalue weighted by Gasteiger charge is -2.29. The first-order valence-corrected chi connectivity index (χ1v) is 13.2. The average Bonchev–Trinajstić information content (AvgIpc) is 3.17. The number of ether oxygens (including phenoxy) is 2. The normalized spacial score (nSPS) is 20.1. The fourth-order valence-electron chi connectivity index (χ4n) is 4.93. The number of morpholine rings is 1. The molecular weight excluding hydrogens is 480 g/mol. The van der Waals surface area contributed by atoms with E-state index in [0.717, 1.165) is 37.2 Å². The number of nitrogens with zero attached hydrogens (tertiary/aromatic N) is 2. The lowest BCUT2D eigenvalue weighted by atomic mass is 9.85. The highest BCUT2D eigenvalue weighted by atomic mass is 16.5. The van der Waals surface area contributed by atoms with E-state index in [1.54, 1.807) is 35.2 Å². The molecule has 1 N–H and O–H groups in total. The van der Waals surface area contributed by atoms with Gasteiger partial charge in [-0.1, -0.05) is 57.7 Å². The van der Waals surface area contributed by atoms with Gasteiger partial charge in [0.2, 0.25) is 0 Å². The van der Waals surface area contributed by atoms with Crippen LogP contribution < -0.4 is 4.74 Å². The number of Topliss-reactive ketones (excluding diaryl/α,β-unsaturated/α-hetero) is 1. The number of amides is 1. The van der Waals surface area contributed by atoms with Crippen LogP contribution in [0, 0.1) is 0 Å². The van der Waals surface area contributed by atoms with Crippen LogP contribution in [0.1, 0.15) is 49.9 Å². The second kappa shape index (κ2) is 12.0. The summed E-state index contributed by atoms with van der Waals surface area (Å²) < 4.78 is 11.0. The van der Waals surface area contributed by atoms with Crippen LogP contribution in [0.3, 0.4) is 0 Å². The molecule has 2 aromatic carbocycles. The summed E-state index contributed by atoms with van der Waals surface area (Å²) in [5.74, 6) is -0.798. The Morgan fingerprint density at radius 3 is 2.32 bits per heavy atom. The van der Waals surface area contributed by atoms with E-state index >= 15 is 0 Å². The van der Waals surface area contributed by atoms with Crippen LogP contribution in [-0.4, -0.2) is 72.6 Å². The van der Waals surface area contributed by atoms with Gasteiger partial charge in [-0.25, -0.2) is 0 Å². The molecule has 1 amide bonds. The number of rotatable bonds is 9. The monoisotopic (exact) mass is 518 g/mol. The quantitative estimate of drug-likeness (QED) is 0.225. The summed E-state index contributed by atoms with van der Waals surface area (Å²) in [4.78, 5) is 30.5. The van der Waals surface area contributed by atoms with E-state index in [9.17, 15) is 14.7 Å². The van der Waals surface area contributed by atoms with Crippen molar-refractivity contribution in [1.29, 1.82) is 0 Å². The maximum Gasteiger partial charge on any atom is 0.295 e. The van der Waals surface area contributed by atoms with Gasteiger partial charge in [-0.3, -0.25) is 14.5 Å². The SMILES string of the molecule is C=CCOc1ccc(C(O)=C2C(=O)C(=O)N(CCCN3CCOCC3)[C@H]2c2ccc(C(C)(C)C)cc2)cc1. The van der Waals surface area contributed by atoms with Crippen molar-refractivity contribution in [3.63, 3.8) is 0 Å². The van der Waals surface area contributed by atoms with Gasteiger partial charge in [-0.15, -0.1) is 0 Å². The summed E-state index contributed by atoms with van der Waals surface area (Å²) in [5, 5.41) is 11.3. The molecule has 0 aliphatic carbocycles. The topological polar surface area (TPSA) is 79.3 Å². The van der Waals surface area contributed by atoms with E-state index < -0.39 is 17.7 Å². The van der Waals surface area contributed by atoms with E-state index in [0.29, 0.717) is 37.7 Å². The number of benzene rings is 2. The zero-order valence-corrected chi connectivity index (χ0v) is 22.6. The standard InChI is InChI=1S/C31H38N2O5/c1-5-19-38-25-13-9-23(10-14-25)28(34)26-27(22-7-11-24(12-8-22)31(2,3)4)33(30(36)29(26)35)16-6-15-32-17-20-37-21-18-32/h5,7-14,27,34H,1,6,15-21H2,2-4H3/t27-/m0/s1. The Morgan fingerprint density at radius 1 is 1.05 bits per heavy atom. The van der Waals surface area contributed by atoms with Gasteiger partial charge in [0, 0.05) is 31.7 Å². The maximum atomic E-state index is 13.3. The average molecular weight is 519 g/mol. The minimum absolute atomic E-state index is 0.0338. The van der Waals surface area contributed by atoms with Crippen LogP contribution in [0.15, 0.2) is 66.8 Å². The third-order valence-electron chi connectivity index (χ3n) is 7.11. The van der Waals surface area contributed by atoms with Gasteiger partial charge in [0.25, 0.3) is 11.7 Å². The number of carbonyl (C=O) groups is 2. The molecule has 2 heterocycles. The van der Waals surface area contributed by atoms with Crippen LogP contribution >= 0.6 is 0 Å². The summed E-state index contributed by atoms with van der Waals surface area (Å²) in [6.45, 7) is 14.8. The number of carbonyl (C=O) groups excluding carboxylic acids is 2. The van der Waals surface area contributed by atoms with Crippen molar-refractivity contribution in [2.45, 2.75) is 38.6 Å². The molecule has 2 aromatic rings. The molecule has 202 valence electrons. The highest BCUT2D eigenvalue weighted by molar-refractivity contribution is 6.46. The van der Waals surface area contributed by atoms with Crippen LogP contribution in [0.5, 0.6) is 5.75 Å². The van der Waals surface area contributed by atoms with Gasteiger partial charge in [0.05, 0.1) is 24.8 Å². The number of aliphatic hydroxyl groups is 1. The summed E-state index contributed by atoms with van der Waals surface area (Å²) >= 11 is 0. The van der Waals surface area contributed by atoms with Gasteiger partial charge in [-0.2, -0.15) is 0 Å². The summed E-state index contributed by atoms with van der Waals surface area (Å²) in [7, 11) is 0. The molecule has 4 rings (SSSR count). The molecule has 7 nitrogen and oxygen atoms in total. The Labute approximate surface area is 225 Å². The van der Waals surface area contributed by atoms with Crippen molar-refractivity contribution in [1.82, 2.24) is 9.80 Å². The van der Waals surface area contributed by atoms with Gasteiger partial charge in [0.15, 0.2) is 0 Å². The van der Waals surface area contributed by atoms with Crippen molar-refractivity contribution in [3.05, 3.63) is 83.4 Å². The Hall–Kier alpha value is -3.42. The molecule has 0 spiro atoms. The fourth-order valence-corrected chi connectivity index (χ4v) is 4.93. The van der Waals surface area contributed by atoms with Crippen molar-refractivity contribution in [2.24, 2.45) is 0 Å². The Bertz CT molecular complexity index is 1170. The largest absolute Gasteiger partial charge is 0.507 e. The van der Waals surface area contributed by atoms with E-state index in [1.165, 1.54) is 0 Å². The molecule has 2 saturated heterocycles. The van der Waals surface area contributed by atoms with Gasteiger partial charge < -0.3 is 19.5 Å². The molecule has 0 aromatic heterocycles. The minimum Gasteiger partial charge on any atom is -0.507 e. The van der Waals surface area contributed by atoms with E-state index in [2.05, 4.69) is 32.3 Å². The minimum atomic E-state index is -0.662. The molecule has 2 aliphatic heterocycles. The molecule has 38 heavy (non-hydrogen) atoms. The first-order valence-electron chi connectivity index (χ1n) is 13.2. The second-order valence-electron chi connectivity index (χ2n) is 10.8. The number of aliphatic hydroxyl groups excluding tert-OH is 1. The van der Waals surface area contributed by atoms with Gasteiger partial charge in [0.1, 0.15) is 18.1 Å². The molecule has 0 saturated carbocycles. The first kappa shape index (κ1) is 27.6. The Balaban J connectivity index is 1.67. The molecule has 0 radical (unpaired) electrons. The summed E-state index contributed by atoms with van der Waals surface area (Å²) in [6.07, 6.45) is 2.37. The summed E-state index contributed by atoms with van der Waals surface area (Å²) in [5.41, 5.74) is 2.49. The molecule has 0 bridgehead atoms. The highest BCUT2D eigenvalue weighted by Crippen LogP contribution is 2.40. The lowest BCUT2D eigenvalue weighted by molar-refractivity contribution is -0.140. The molecule has 2 fully saturated rings. The summed E-state index contributed by atoms with van der Waals surface area (Å²) in [6, 6.07) is 14.2. The first-order chi connectivity index (χ1) is 18.2. The van der Waals surface area contributed by atoms with Crippen LogP contribution in [-0.2, 0) is 19.7 Å². The molecule has 1 atom stereocenters. The van der Waals surface area contributed by atoms with E-state index in [-0.39, 0.29) is 16.7 Å². The van der Waals surface area contributed by atoms with Crippen molar-refractivity contribution >= 4 is 17.4 Å². The number of hydrogen-bond donors (Lipinski definition) is 1. The zero-order chi connectivity index (χ0) is 27.3. The third-order valence-corrected chi connectivity index (χ3v) is 7.11. The fraction of sp³-hybridized carbons (Fsp3) is 0.419. The Kier molecular flexibility index (Phi) is 8.69. The molecular formula is C31H38N2O5. The molecule has 7 heteroatoms. The van der Waals surface area contributed by atoms with Gasteiger partial charge in [-0.05, 0) is 47.2 Å². The Morgan fingerprint density at radius 2 is 1.71 bits per heavy atom. The predicted octanol–water partition coefficient (Wildman–Crippen LogP) is 4.69. The molecule has 0 unspecified atom stereocenters. The zero-order valence-electron chi connectivity index (χ0n) is 22.6. The van der Waals surface area contributed by atoms with Crippen molar-refractivity contribution in [3.8, 4) is 5.75 Å². The lowest BCUT2D eigenvalue weighted by Crippen LogP contribution is -2.39. The van der Waals surface area contributed by atoms with E-state index in [4.69, 9.17) is 9.47 Å². The number of likely N-dealkylation sites (tertiary alicyclic amines) is 1. The second-order valence-corrected chi connectivity index (χ2v) is 10.8. The molecule has 2 aliphatic rings. The van der Waals surface area contributed by atoms with Crippen LogP contribution in [0.4, 0.5) is 0 Å². The van der Waals surface area contributed by atoms with Crippen LogP contribution in [0.2, 0.25) is 0 Å². The van der Waals surface area contributed by atoms with Crippen LogP contribution in [0.25, 0.3) is 5.76 Å².